The van der Waals surface area contributed by atoms with E-state index >= 15 is 0 Å². The first kappa shape index (κ1) is 62.8. The minimum atomic E-state index is -0.983. The maximum Gasteiger partial charge on any atom is 2.00 e. The van der Waals surface area contributed by atoms with Gasteiger partial charge in [-0.3, -0.25) is 9.59 Å². The molecule has 2 aromatic carbocycles. The monoisotopic (exact) mass is 1030 g/mol. The van der Waals surface area contributed by atoms with Crippen molar-refractivity contribution < 1.29 is 48.3 Å². The number of esters is 2. The number of carboxylic acids is 2. The molecule has 0 aliphatic rings. The molecule has 0 fully saturated rings. The van der Waals surface area contributed by atoms with Crippen LogP contribution in [-0.2, 0) is 51.3 Å². The normalized spacial score (nSPS) is 12.7. The van der Waals surface area contributed by atoms with Crippen LogP contribution in [-0.4, -0.2) is 97.2 Å². The Morgan fingerprint density at radius 1 is 0.415 bits per heavy atom. The van der Waals surface area contributed by atoms with Crippen molar-refractivity contribution in [3.05, 3.63) is 71.8 Å². The van der Waals surface area contributed by atoms with Crippen LogP contribution in [0.3, 0.4) is 0 Å². The van der Waals surface area contributed by atoms with E-state index in [9.17, 15) is 29.4 Å². The van der Waals surface area contributed by atoms with Gasteiger partial charge in [0.2, 0.25) is 0 Å². The molecule has 0 aliphatic heterocycles. The van der Waals surface area contributed by atoms with Crippen LogP contribution in [0.25, 0.3) is 0 Å². The summed E-state index contributed by atoms with van der Waals surface area (Å²) in [6.07, 6.45) is 26.8. The number of carbonyl (C=O) groups is 4. The van der Waals surface area contributed by atoms with Crippen LogP contribution in [0.1, 0.15) is 219 Å². The van der Waals surface area contributed by atoms with Gasteiger partial charge >= 0.3 is 60.8 Å². The summed E-state index contributed by atoms with van der Waals surface area (Å²) in [7, 11) is 0. The quantitative estimate of drug-likeness (QED) is 0.0358. The fourth-order valence-corrected chi connectivity index (χ4v) is 7.91. The predicted octanol–water partition coefficient (Wildman–Crippen LogP) is 11.1. The molecule has 0 aliphatic carbocycles. The zero-order chi connectivity index (χ0) is 46.9. The molecule has 0 heterocycles. The van der Waals surface area contributed by atoms with E-state index in [2.05, 4.69) is 38.1 Å². The van der Waals surface area contributed by atoms with Gasteiger partial charge in [-0.15, -0.1) is 0 Å². The standard InChI is InChI=1S/2C27H44O5.Ba/c2*1-3-4-5-10-19-26(32-23(2)28)20-12-7-11-17-25(18-13-14-21-27(29)30)31-22-24-15-8-6-9-16-24;/h2*6,8-9,15-16,25-26H,3-5,7,10-14,17-22H2,1-2H3,(H,29,30);/q;;+2/p-2. The van der Waals surface area contributed by atoms with E-state index in [0.717, 1.165) is 127 Å². The molecular weight excluding hydrogens is 946 g/mol. The van der Waals surface area contributed by atoms with Crippen molar-refractivity contribution in [3.8, 4) is 0 Å². The molecule has 0 N–H and O–H groups in total. The van der Waals surface area contributed by atoms with Gasteiger partial charge in [-0.25, -0.2) is 0 Å². The Balaban J connectivity index is 0.00000124. The summed E-state index contributed by atoms with van der Waals surface area (Å²) in [5.74, 6) is -2.33. The molecule has 0 spiro atoms. The van der Waals surface area contributed by atoms with Crippen molar-refractivity contribution in [3.63, 3.8) is 0 Å². The summed E-state index contributed by atoms with van der Waals surface area (Å²) in [5, 5.41) is 21.3. The number of aliphatic carboxylic acids is 2. The van der Waals surface area contributed by atoms with Crippen LogP contribution in [0.15, 0.2) is 60.7 Å². The second-order valence-electron chi connectivity index (χ2n) is 17.5. The van der Waals surface area contributed by atoms with Gasteiger partial charge in [-0.2, -0.15) is 0 Å². The van der Waals surface area contributed by atoms with E-state index in [1.807, 2.05) is 36.4 Å². The zero-order valence-corrected chi connectivity index (χ0v) is 45.5. The molecule has 2 aromatic rings. The topological polar surface area (TPSA) is 151 Å². The number of hydrogen-bond donors (Lipinski definition) is 0. The molecular formula is C54H86BaO10. The Bertz CT molecular complexity index is 1320. The molecule has 4 unspecified atom stereocenters. The molecule has 10 nitrogen and oxygen atoms in total. The average molecular weight is 1030 g/mol. The molecule has 4 atom stereocenters. The second-order valence-corrected chi connectivity index (χ2v) is 17.5. The zero-order valence-electron chi connectivity index (χ0n) is 41.1. The van der Waals surface area contributed by atoms with Gasteiger partial charge in [0, 0.05) is 25.8 Å². The first-order chi connectivity index (χ1) is 31.0. The van der Waals surface area contributed by atoms with Crippen molar-refractivity contribution in [2.24, 2.45) is 0 Å². The maximum absolute atomic E-state index is 11.4. The van der Waals surface area contributed by atoms with Gasteiger partial charge < -0.3 is 38.7 Å². The molecule has 0 aromatic heterocycles. The molecule has 0 amide bonds. The smallest absolute Gasteiger partial charge is 0.550 e. The van der Waals surface area contributed by atoms with E-state index in [1.165, 1.54) is 52.4 Å². The molecule has 65 heavy (non-hydrogen) atoms. The van der Waals surface area contributed by atoms with Gasteiger partial charge in [0.1, 0.15) is 12.2 Å². The van der Waals surface area contributed by atoms with E-state index in [1.54, 1.807) is 0 Å². The van der Waals surface area contributed by atoms with E-state index in [-0.39, 0.29) is 98.1 Å². The van der Waals surface area contributed by atoms with Crippen LogP contribution in [0.4, 0.5) is 0 Å². The minimum absolute atomic E-state index is 0. The number of hydrogen-bond acceptors (Lipinski definition) is 10. The maximum atomic E-state index is 11.4. The van der Waals surface area contributed by atoms with Gasteiger partial charge in [-0.1, -0.05) is 152 Å². The van der Waals surface area contributed by atoms with Crippen molar-refractivity contribution in [2.75, 3.05) is 0 Å². The van der Waals surface area contributed by atoms with Gasteiger partial charge in [0.05, 0.1) is 25.4 Å². The molecule has 0 radical (unpaired) electrons. The summed E-state index contributed by atoms with van der Waals surface area (Å²) < 4.78 is 23.3. The summed E-state index contributed by atoms with van der Waals surface area (Å²) >= 11 is 0. The van der Waals surface area contributed by atoms with Crippen molar-refractivity contribution >= 4 is 72.8 Å². The third kappa shape index (κ3) is 40.6. The van der Waals surface area contributed by atoms with Gasteiger partial charge in [0.15, 0.2) is 0 Å². The molecule has 0 saturated carbocycles. The van der Waals surface area contributed by atoms with Crippen LogP contribution < -0.4 is 10.2 Å². The third-order valence-corrected chi connectivity index (χ3v) is 11.5. The van der Waals surface area contributed by atoms with E-state index < -0.39 is 11.9 Å². The SMILES string of the molecule is CCCCCCC(CCCCCC(CCCCC(=O)[O-])OCc1ccccc1)OC(C)=O.CCCCCCC(CCCCCC(CCCCC(=O)[O-])OCc1ccccc1)OC(C)=O.[Ba+2]. The van der Waals surface area contributed by atoms with Crippen LogP contribution in [0.5, 0.6) is 0 Å². The van der Waals surface area contributed by atoms with E-state index in [4.69, 9.17) is 18.9 Å². The van der Waals surface area contributed by atoms with Crippen molar-refractivity contribution in [1.82, 2.24) is 0 Å². The molecule has 11 heteroatoms. The predicted molar refractivity (Wildman–Crippen MR) is 258 cm³/mol. The summed E-state index contributed by atoms with van der Waals surface area (Å²) in [6, 6.07) is 20.3. The van der Waals surface area contributed by atoms with Crippen LogP contribution >= 0.6 is 0 Å². The second kappa shape index (κ2) is 44.3. The number of ether oxygens (including phenoxy) is 4. The Labute approximate surface area is 434 Å². The number of carbonyl (C=O) groups excluding carboxylic acids is 4. The van der Waals surface area contributed by atoms with Gasteiger partial charge in [-0.05, 0) is 114 Å². The number of unbranched alkanes of at least 4 members (excludes halogenated alkanes) is 12. The summed E-state index contributed by atoms with van der Waals surface area (Å²) in [4.78, 5) is 44.1. The first-order valence-electron chi connectivity index (χ1n) is 25.1. The fourth-order valence-electron chi connectivity index (χ4n) is 7.91. The van der Waals surface area contributed by atoms with Crippen LogP contribution in [0, 0.1) is 0 Å². The Hall–Kier alpha value is -2.19. The van der Waals surface area contributed by atoms with Gasteiger partial charge in [0.25, 0.3) is 0 Å². The first-order valence-corrected chi connectivity index (χ1v) is 25.1. The Kier molecular flexibility index (Phi) is 42.8. The number of carboxylic acid groups (broad SMARTS) is 2. The molecule has 0 saturated heterocycles. The fraction of sp³-hybridized carbons (Fsp3) is 0.704. The van der Waals surface area contributed by atoms with Crippen molar-refractivity contribution in [2.45, 2.75) is 245 Å². The number of rotatable bonds is 40. The van der Waals surface area contributed by atoms with E-state index in [0.29, 0.717) is 26.1 Å². The summed E-state index contributed by atoms with van der Waals surface area (Å²) in [5.41, 5.74) is 2.30. The Morgan fingerprint density at radius 3 is 0.969 bits per heavy atom. The average Bonchev–Trinajstić information content (AvgIpc) is 3.27. The minimum Gasteiger partial charge on any atom is -0.550 e. The summed E-state index contributed by atoms with van der Waals surface area (Å²) in [6.45, 7) is 8.55. The third-order valence-electron chi connectivity index (χ3n) is 11.5. The van der Waals surface area contributed by atoms with Crippen molar-refractivity contribution in [1.29, 1.82) is 0 Å². The molecule has 364 valence electrons. The molecule has 0 bridgehead atoms. The largest absolute Gasteiger partial charge is 2.00 e. The number of benzene rings is 2. The molecule has 2 rings (SSSR count). The van der Waals surface area contributed by atoms with Crippen LogP contribution in [0.2, 0.25) is 0 Å². The Morgan fingerprint density at radius 2 is 0.692 bits per heavy atom.